The van der Waals surface area contributed by atoms with Gasteiger partial charge in [0.15, 0.2) is 0 Å². The number of likely N-dealkylation sites (tertiary alicyclic amines) is 1. The largest absolute Gasteiger partial charge is 0.495 e. The van der Waals surface area contributed by atoms with E-state index in [1.54, 1.807) is 14.0 Å². The minimum absolute atomic E-state index is 0.0458. The summed E-state index contributed by atoms with van der Waals surface area (Å²) in [6, 6.07) is 4.09. The standard InChI is InChI=1S/C22H30ClN3O4/c1-22(13-18(27)24-21(22)29)8-5-19(28)26-9-6-14(7-10-26)15-11-16(25(2)3)20(23)17(12-15)30-4/h11-12,14H,5-10,13H2,1-4H3,(H,24,27,29)/t22-/m0/s1. The number of carbonyl (C=O) groups is 3. The van der Waals surface area contributed by atoms with Crippen LogP contribution in [0.2, 0.25) is 5.02 Å². The Bertz CT molecular complexity index is 849. The second-order valence-corrected chi connectivity index (χ2v) is 9.10. The maximum absolute atomic E-state index is 12.7. The van der Waals surface area contributed by atoms with Gasteiger partial charge in [0.05, 0.1) is 18.2 Å². The smallest absolute Gasteiger partial charge is 0.233 e. The quantitative estimate of drug-likeness (QED) is 0.695. The molecule has 2 heterocycles. The Morgan fingerprint density at radius 2 is 1.97 bits per heavy atom. The Labute approximate surface area is 182 Å². The van der Waals surface area contributed by atoms with Crippen LogP contribution in [0.3, 0.4) is 0 Å². The van der Waals surface area contributed by atoms with E-state index in [9.17, 15) is 14.4 Å². The van der Waals surface area contributed by atoms with Gasteiger partial charge in [-0.3, -0.25) is 19.7 Å². The molecule has 8 heteroatoms. The first-order chi connectivity index (χ1) is 14.1. The van der Waals surface area contributed by atoms with Crippen LogP contribution >= 0.6 is 11.6 Å². The number of rotatable bonds is 6. The zero-order valence-electron chi connectivity index (χ0n) is 18.1. The van der Waals surface area contributed by atoms with Crippen LogP contribution in [0.1, 0.15) is 50.5 Å². The van der Waals surface area contributed by atoms with Crippen molar-refractivity contribution in [1.29, 1.82) is 0 Å². The SMILES string of the molecule is COc1cc(C2CCN(C(=O)CC[C@@]3(C)CC(=O)NC3=O)CC2)cc(N(C)C)c1Cl. The molecule has 1 atom stereocenters. The van der Waals surface area contributed by atoms with E-state index in [1.165, 1.54) is 5.56 Å². The van der Waals surface area contributed by atoms with E-state index >= 15 is 0 Å². The van der Waals surface area contributed by atoms with Gasteiger partial charge in [-0.2, -0.15) is 0 Å². The van der Waals surface area contributed by atoms with E-state index in [0.717, 1.165) is 18.5 Å². The molecule has 0 radical (unpaired) electrons. The van der Waals surface area contributed by atoms with Crippen molar-refractivity contribution in [1.82, 2.24) is 10.2 Å². The third-order valence-electron chi connectivity index (χ3n) is 6.31. The van der Waals surface area contributed by atoms with Crippen molar-refractivity contribution in [2.24, 2.45) is 5.41 Å². The molecule has 2 fully saturated rings. The van der Waals surface area contributed by atoms with E-state index in [2.05, 4.69) is 11.4 Å². The topological polar surface area (TPSA) is 79.0 Å². The molecule has 2 saturated heterocycles. The molecule has 0 spiro atoms. The number of halogens is 1. The predicted molar refractivity (Wildman–Crippen MR) is 116 cm³/mol. The lowest BCUT2D eigenvalue weighted by atomic mass is 9.83. The first-order valence-corrected chi connectivity index (χ1v) is 10.7. The number of hydrogen-bond acceptors (Lipinski definition) is 5. The molecule has 164 valence electrons. The van der Waals surface area contributed by atoms with Gasteiger partial charge in [-0.15, -0.1) is 0 Å². The van der Waals surface area contributed by atoms with Gasteiger partial charge in [-0.05, 0) is 42.9 Å². The molecule has 30 heavy (non-hydrogen) atoms. The second-order valence-electron chi connectivity index (χ2n) is 8.72. The van der Waals surface area contributed by atoms with Crippen LogP contribution in [0.4, 0.5) is 5.69 Å². The molecule has 0 aliphatic carbocycles. The van der Waals surface area contributed by atoms with Crippen molar-refractivity contribution in [3.05, 3.63) is 22.7 Å². The van der Waals surface area contributed by atoms with Crippen molar-refractivity contribution in [3.8, 4) is 5.75 Å². The highest BCUT2D eigenvalue weighted by molar-refractivity contribution is 6.34. The number of methoxy groups -OCH3 is 1. The maximum Gasteiger partial charge on any atom is 0.233 e. The van der Waals surface area contributed by atoms with Crippen LogP contribution in [0.15, 0.2) is 12.1 Å². The Balaban J connectivity index is 1.59. The highest BCUT2D eigenvalue weighted by Crippen LogP contribution is 2.40. The number of amides is 3. The van der Waals surface area contributed by atoms with Crippen LogP contribution in [0.5, 0.6) is 5.75 Å². The van der Waals surface area contributed by atoms with E-state index in [0.29, 0.717) is 36.2 Å². The lowest BCUT2D eigenvalue weighted by molar-refractivity contribution is -0.133. The number of piperidine rings is 1. The summed E-state index contributed by atoms with van der Waals surface area (Å²) in [6.45, 7) is 3.10. The summed E-state index contributed by atoms with van der Waals surface area (Å²) in [4.78, 5) is 40.0. The summed E-state index contributed by atoms with van der Waals surface area (Å²) in [7, 11) is 5.51. The molecule has 1 aromatic rings. The molecule has 1 N–H and O–H groups in total. The monoisotopic (exact) mass is 435 g/mol. The Hall–Kier alpha value is -2.28. The Morgan fingerprint density at radius 1 is 1.30 bits per heavy atom. The summed E-state index contributed by atoms with van der Waals surface area (Å²) in [5.41, 5.74) is 1.32. The van der Waals surface area contributed by atoms with E-state index in [1.807, 2.05) is 30.0 Å². The molecule has 0 unspecified atom stereocenters. The number of ether oxygens (including phenoxy) is 1. The number of imide groups is 1. The summed E-state index contributed by atoms with van der Waals surface area (Å²) in [5.74, 6) is 0.506. The molecular weight excluding hydrogens is 406 g/mol. The van der Waals surface area contributed by atoms with Crippen LogP contribution in [-0.2, 0) is 14.4 Å². The van der Waals surface area contributed by atoms with Gasteiger partial charge in [0.2, 0.25) is 17.7 Å². The second kappa shape index (κ2) is 8.84. The van der Waals surface area contributed by atoms with Crippen molar-refractivity contribution in [2.45, 2.75) is 44.9 Å². The first-order valence-electron chi connectivity index (χ1n) is 10.3. The number of nitrogens with one attached hydrogen (secondary N) is 1. The van der Waals surface area contributed by atoms with Crippen molar-refractivity contribution in [2.75, 3.05) is 39.2 Å². The number of benzene rings is 1. The van der Waals surface area contributed by atoms with Gasteiger partial charge in [0.25, 0.3) is 0 Å². The van der Waals surface area contributed by atoms with Gasteiger partial charge < -0.3 is 14.5 Å². The fourth-order valence-electron chi connectivity index (χ4n) is 4.27. The van der Waals surface area contributed by atoms with Crippen molar-refractivity contribution in [3.63, 3.8) is 0 Å². The molecule has 3 rings (SSSR count). The number of hydrogen-bond donors (Lipinski definition) is 1. The van der Waals surface area contributed by atoms with Crippen LogP contribution < -0.4 is 15.0 Å². The molecule has 2 aliphatic heterocycles. The summed E-state index contributed by atoms with van der Waals surface area (Å²) in [5, 5.41) is 2.93. The van der Waals surface area contributed by atoms with Crippen molar-refractivity contribution < 1.29 is 19.1 Å². The number of nitrogens with zero attached hydrogens (tertiary/aromatic N) is 2. The van der Waals surface area contributed by atoms with Crippen molar-refractivity contribution >= 4 is 35.0 Å². The van der Waals surface area contributed by atoms with Gasteiger partial charge in [-0.1, -0.05) is 18.5 Å². The molecular formula is C22H30ClN3O4. The Kier molecular flexibility index (Phi) is 6.60. The summed E-state index contributed by atoms with van der Waals surface area (Å²) in [6.07, 6.45) is 2.55. The lowest BCUT2D eigenvalue weighted by Crippen LogP contribution is -2.39. The molecule has 2 aliphatic rings. The molecule has 0 saturated carbocycles. The van der Waals surface area contributed by atoms with E-state index in [4.69, 9.17) is 16.3 Å². The molecule has 1 aromatic carbocycles. The summed E-state index contributed by atoms with van der Waals surface area (Å²) < 4.78 is 5.45. The zero-order chi connectivity index (χ0) is 22.1. The fourth-order valence-corrected chi connectivity index (χ4v) is 4.63. The van der Waals surface area contributed by atoms with Gasteiger partial charge in [-0.25, -0.2) is 0 Å². The average Bonchev–Trinajstić information content (AvgIpc) is 2.98. The highest BCUT2D eigenvalue weighted by Gasteiger charge is 2.42. The highest BCUT2D eigenvalue weighted by atomic mass is 35.5. The minimum Gasteiger partial charge on any atom is -0.495 e. The average molecular weight is 436 g/mol. The minimum atomic E-state index is -0.770. The van der Waals surface area contributed by atoms with Crippen LogP contribution in [-0.4, -0.2) is 56.9 Å². The van der Waals surface area contributed by atoms with Gasteiger partial charge in [0.1, 0.15) is 10.8 Å². The van der Waals surface area contributed by atoms with Gasteiger partial charge >= 0.3 is 0 Å². The third-order valence-corrected chi connectivity index (χ3v) is 6.69. The predicted octanol–water partition coefficient (Wildman–Crippen LogP) is 2.95. The first kappa shape index (κ1) is 22.4. The van der Waals surface area contributed by atoms with Crippen LogP contribution in [0.25, 0.3) is 0 Å². The fraction of sp³-hybridized carbons (Fsp3) is 0.591. The van der Waals surface area contributed by atoms with Crippen LogP contribution in [0, 0.1) is 5.41 Å². The molecule has 7 nitrogen and oxygen atoms in total. The molecule has 0 aromatic heterocycles. The van der Waals surface area contributed by atoms with E-state index in [-0.39, 0.29) is 30.6 Å². The summed E-state index contributed by atoms with van der Waals surface area (Å²) >= 11 is 6.43. The zero-order valence-corrected chi connectivity index (χ0v) is 18.8. The molecule has 0 bridgehead atoms. The number of carbonyl (C=O) groups excluding carboxylic acids is 3. The molecule has 3 amide bonds. The number of anilines is 1. The Morgan fingerprint density at radius 3 is 2.50 bits per heavy atom. The maximum atomic E-state index is 12.7. The lowest BCUT2D eigenvalue weighted by Gasteiger charge is -2.33. The van der Waals surface area contributed by atoms with E-state index < -0.39 is 5.41 Å². The third kappa shape index (κ3) is 4.56. The normalized spacial score (nSPS) is 22.2. The van der Waals surface area contributed by atoms with Gasteiger partial charge in [0, 0.05) is 40.0 Å².